The Balaban J connectivity index is 1.98. The van der Waals surface area contributed by atoms with Crippen LogP contribution in [0, 0.1) is 0 Å². The molecule has 2 aromatic rings. The number of hydrogen-bond donors (Lipinski definition) is 2. The first-order chi connectivity index (χ1) is 10.5. The average molecular weight is 298 g/mol. The highest BCUT2D eigenvalue weighted by Gasteiger charge is 2.04. The summed E-state index contributed by atoms with van der Waals surface area (Å²) < 4.78 is 0. The van der Waals surface area contributed by atoms with Crippen molar-refractivity contribution in [3.63, 3.8) is 0 Å². The molecular formula is C18H26N4. The van der Waals surface area contributed by atoms with Crippen molar-refractivity contribution < 1.29 is 0 Å². The van der Waals surface area contributed by atoms with Crippen molar-refractivity contribution >= 4 is 0 Å². The van der Waals surface area contributed by atoms with Crippen LogP contribution in [-0.4, -0.2) is 22.1 Å². The molecule has 0 fully saturated rings. The molecule has 0 aromatic carbocycles. The van der Waals surface area contributed by atoms with E-state index in [4.69, 9.17) is 11.5 Å². The van der Waals surface area contributed by atoms with E-state index in [0.29, 0.717) is 0 Å². The van der Waals surface area contributed by atoms with Gasteiger partial charge in [0.15, 0.2) is 0 Å². The van der Waals surface area contributed by atoms with Crippen molar-refractivity contribution in [1.29, 1.82) is 0 Å². The van der Waals surface area contributed by atoms with Gasteiger partial charge < -0.3 is 11.5 Å². The van der Waals surface area contributed by atoms with Gasteiger partial charge in [0.2, 0.25) is 0 Å². The number of pyridine rings is 2. The number of aryl methyl sites for hydroxylation is 2. The molecule has 2 rings (SSSR count). The molecule has 0 aliphatic heterocycles. The summed E-state index contributed by atoms with van der Waals surface area (Å²) in [6.45, 7) is 4.00. The molecule has 0 amide bonds. The zero-order valence-electron chi connectivity index (χ0n) is 13.5. The lowest BCUT2D eigenvalue weighted by Crippen LogP contribution is -2.19. The van der Waals surface area contributed by atoms with Gasteiger partial charge in [-0.2, -0.15) is 0 Å². The fraction of sp³-hybridized carbons (Fsp3) is 0.444. The van der Waals surface area contributed by atoms with E-state index in [1.54, 1.807) is 0 Å². The minimum absolute atomic E-state index is 0.138. The summed E-state index contributed by atoms with van der Waals surface area (Å²) >= 11 is 0. The average Bonchev–Trinajstić information content (AvgIpc) is 2.44. The van der Waals surface area contributed by atoms with Crippen molar-refractivity contribution in [2.24, 2.45) is 11.5 Å². The van der Waals surface area contributed by atoms with Crippen LogP contribution < -0.4 is 11.5 Å². The Bertz CT molecular complexity index is 540. The van der Waals surface area contributed by atoms with Crippen LogP contribution in [0.3, 0.4) is 0 Å². The third kappa shape index (κ3) is 5.54. The molecule has 0 spiro atoms. The highest BCUT2D eigenvalue weighted by atomic mass is 14.7. The summed E-state index contributed by atoms with van der Waals surface area (Å²) in [7, 11) is 0. The number of nitrogens with two attached hydrogens (primary N) is 2. The molecule has 0 saturated heterocycles. The standard InChI is InChI=1S/C18H26N4/c1-13(19)11-17-7-3-5-15(21-17)9-10-16-6-4-8-18(22-16)12-14(2)20/h3-8,13-14H,9-12,19-20H2,1-2H3. The molecule has 2 heterocycles. The van der Waals surface area contributed by atoms with Gasteiger partial charge in [-0.3, -0.25) is 9.97 Å². The predicted molar refractivity (Wildman–Crippen MR) is 90.6 cm³/mol. The molecule has 0 aliphatic rings. The van der Waals surface area contributed by atoms with Crippen LogP contribution in [0.4, 0.5) is 0 Å². The van der Waals surface area contributed by atoms with E-state index in [0.717, 1.165) is 48.5 Å². The van der Waals surface area contributed by atoms with Gasteiger partial charge in [0.25, 0.3) is 0 Å². The fourth-order valence-corrected chi connectivity index (χ4v) is 2.48. The second kappa shape index (κ2) is 8.01. The van der Waals surface area contributed by atoms with E-state index < -0.39 is 0 Å². The van der Waals surface area contributed by atoms with Crippen LogP contribution in [-0.2, 0) is 25.7 Å². The molecule has 2 atom stereocenters. The van der Waals surface area contributed by atoms with Gasteiger partial charge in [0.1, 0.15) is 0 Å². The molecule has 4 heteroatoms. The molecule has 2 aromatic heterocycles. The van der Waals surface area contributed by atoms with Crippen LogP contribution in [0.1, 0.15) is 36.6 Å². The Morgan fingerprint density at radius 2 is 1.09 bits per heavy atom. The maximum Gasteiger partial charge on any atom is 0.0422 e. The summed E-state index contributed by atoms with van der Waals surface area (Å²) in [6, 6.07) is 12.6. The second-order valence-corrected chi connectivity index (χ2v) is 6.10. The van der Waals surface area contributed by atoms with E-state index in [1.807, 2.05) is 26.0 Å². The summed E-state index contributed by atoms with van der Waals surface area (Å²) in [5, 5.41) is 0. The lowest BCUT2D eigenvalue weighted by atomic mass is 10.1. The maximum atomic E-state index is 5.84. The molecule has 2 unspecified atom stereocenters. The van der Waals surface area contributed by atoms with E-state index in [-0.39, 0.29) is 12.1 Å². The van der Waals surface area contributed by atoms with E-state index >= 15 is 0 Å². The quantitative estimate of drug-likeness (QED) is 0.820. The lowest BCUT2D eigenvalue weighted by molar-refractivity contribution is 0.710. The summed E-state index contributed by atoms with van der Waals surface area (Å²) in [5.41, 5.74) is 16.0. The molecule has 0 aliphatic carbocycles. The van der Waals surface area contributed by atoms with Crippen LogP contribution in [0.15, 0.2) is 36.4 Å². The minimum Gasteiger partial charge on any atom is -0.328 e. The largest absolute Gasteiger partial charge is 0.328 e. The normalized spacial score (nSPS) is 13.8. The Labute approximate surface area is 133 Å². The van der Waals surface area contributed by atoms with Crippen LogP contribution in [0.25, 0.3) is 0 Å². The van der Waals surface area contributed by atoms with Gasteiger partial charge in [-0.1, -0.05) is 12.1 Å². The Kier molecular flexibility index (Phi) is 6.04. The van der Waals surface area contributed by atoms with Crippen molar-refractivity contribution in [1.82, 2.24) is 9.97 Å². The highest BCUT2D eigenvalue weighted by molar-refractivity contribution is 5.16. The zero-order valence-corrected chi connectivity index (χ0v) is 13.5. The van der Waals surface area contributed by atoms with Gasteiger partial charge in [-0.25, -0.2) is 0 Å². The minimum atomic E-state index is 0.138. The van der Waals surface area contributed by atoms with Gasteiger partial charge >= 0.3 is 0 Å². The molecule has 4 nitrogen and oxygen atoms in total. The van der Waals surface area contributed by atoms with Gasteiger partial charge in [0, 0.05) is 47.7 Å². The van der Waals surface area contributed by atoms with E-state index in [1.165, 1.54) is 0 Å². The smallest absolute Gasteiger partial charge is 0.0422 e. The molecule has 0 radical (unpaired) electrons. The lowest BCUT2D eigenvalue weighted by Gasteiger charge is -2.08. The summed E-state index contributed by atoms with van der Waals surface area (Å²) in [6.07, 6.45) is 3.41. The third-order valence-corrected chi connectivity index (χ3v) is 3.43. The topological polar surface area (TPSA) is 77.8 Å². The van der Waals surface area contributed by atoms with Crippen LogP contribution in [0.2, 0.25) is 0 Å². The van der Waals surface area contributed by atoms with Crippen molar-refractivity contribution in [3.05, 3.63) is 59.2 Å². The molecule has 0 bridgehead atoms. The highest BCUT2D eigenvalue weighted by Crippen LogP contribution is 2.08. The first kappa shape index (κ1) is 16.6. The van der Waals surface area contributed by atoms with Crippen molar-refractivity contribution in [2.45, 2.75) is 51.6 Å². The van der Waals surface area contributed by atoms with Crippen molar-refractivity contribution in [2.75, 3.05) is 0 Å². The van der Waals surface area contributed by atoms with Gasteiger partial charge in [0.05, 0.1) is 0 Å². The molecule has 118 valence electrons. The second-order valence-electron chi connectivity index (χ2n) is 6.10. The Hall–Kier alpha value is -1.78. The molecule has 4 N–H and O–H groups in total. The SMILES string of the molecule is CC(N)Cc1cccc(CCc2cccc(CC(C)N)n2)n1. The van der Waals surface area contributed by atoms with Crippen LogP contribution >= 0.6 is 0 Å². The molecule has 0 saturated carbocycles. The Morgan fingerprint density at radius 1 is 0.727 bits per heavy atom. The molecular weight excluding hydrogens is 272 g/mol. The summed E-state index contributed by atoms with van der Waals surface area (Å²) in [4.78, 5) is 9.34. The number of hydrogen-bond acceptors (Lipinski definition) is 4. The number of rotatable bonds is 7. The fourth-order valence-electron chi connectivity index (χ4n) is 2.48. The first-order valence-electron chi connectivity index (χ1n) is 7.93. The zero-order chi connectivity index (χ0) is 15.9. The number of nitrogens with zero attached hydrogens (tertiary/aromatic N) is 2. The van der Waals surface area contributed by atoms with Gasteiger partial charge in [-0.15, -0.1) is 0 Å². The van der Waals surface area contributed by atoms with Crippen molar-refractivity contribution in [3.8, 4) is 0 Å². The van der Waals surface area contributed by atoms with E-state index in [2.05, 4.69) is 34.2 Å². The summed E-state index contributed by atoms with van der Waals surface area (Å²) in [5.74, 6) is 0. The third-order valence-electron chi connectivity index (χ3n) is 3.43. The van der Waals surface area contributed by atoms with Crippen LogP contribution in [0.5, 0.6) is 0 Å². The molecule has 22 heavy (non-hydrogen) atoms. The Morgan fingerprint density at radius 3 is 1.45 bits per heavy atom. The first-order valence-corrected chi connectivity index (χ1v) is 7.93. The monoisotopic (exact) mass is 298 g/mol. The predicted octanol–water partition coefficient (Wildman–Crippen LogP) is 2.04. The maximum absolute atomic E-state index is 5.84. The van der Waals surface area contributed by atoms with Gasteiger partial charge in [-0.05, 0) is 51.0 Å². The van der Waals surface area contributed by atoms with E-state index in [9.17, 15) is 0 Å². The number of aromatic nitrogens is 2.